The van der Waals surface area contributed by atoms with Gasteiger partial charge in [0, 0.05) is 49.0 Å². The first-order valence-electron chi connectivity index (χ1n) is 19.5. The first-order valence-corrected chi connectivity index (χ1v) is 19.5. The zero-order chi connectivity index (χ0) is 38.2. The molecule has 12 aromatic rings. The first kappa shape index (κ1) is 32.4. The van der Waals surface area contributed by atoms with E-state index in [1.165, 1.54) is 32.7 Å². The van der Waals surface area contributed by atoms with Crippen molar-refractivity contribution in [1.82, 2.24) is 19.5 Å². The van der Waals surface area contributed by atoms with Gasteiger partial charge in [-0.05, 0) is 58.3 Å². The molecule has 9 aromatic carbocycles. The number of hydrogen-bond donors (Lipinski definition) is 0. The van der Waals surface area contributed by atoms with Crippen LogP contribution in [0.2, 0.25) is 0 Å². The van der Waals surface area contributed by atoms with Gasteiger partial charge in [-0.3, -0.25) is 0 Å². The molecule has 270 valence electrons. The molecule has 0 aliphatic rings. The summed E-state index contributed by atoms with van der Waals surface area (Å²) in [5, 5.41) is 9.08. The molecule has 0 aliphatic carbocycles. The SMILES string of the molecule is c1ccc(-c2nc(-c3ccccc3)nc(-c3ccc4c(c3)c(-n3c5ccccc5c5c6ccccc6c(-c6ccccc6)cc53)cc3c5ccccc5oc43)n2)cc1. The van der Waals surface area contributed by atoms with E-state index in [1.54, 1.807) is 0 Å². The predicted octanol–water partition coefficient (Wildman–Crippen LogP) is 13.8. The topological polar surface area (TPSA) is 56.7 Å². The van der Waals surface area contributed by atoms with Crippen LogP contribution in [0, 0.1) is 0 Å². The van der Waals surface area contributed by atoms with Gasteiger partial charge in [-0.25, -0.2) is 15.0 Å². The third-order valence-electron chi connectivity index (χ3n) is 11.4. The highest BCUT2D eigenvalue weighted by Crippen LogP contribution is 2.45. The van der Waals surface area contributed by atoms with Gasteiger partial charge < -0.3 is 8.98 Å². The second-order valence-electron chi connectivity index (χ2n) is 14.8. The van der Waals surface area contributed by atoms with E-state index in [4.69, 9.17) is 19.4 Å². The summed E-state index contributed by atoms with van der Waals surface area (Å²) in [4.78, 5) is 15.2. The third-order valence-corrected chi connectivity index (χ3v) is 11.4. The van der Waals surface area contributed by atoms with E-state index < -0.39 is 0 Å². The van der Waals surface area contributed by atoms with Crippen LogP contribution in [0.1, 0.15) is 0 Å². The van der Waals surface area contributed by atoms with Crippen LogP contribution in [0.4, 0.5) is 0 Å². The number of furan rings is 1. The Hall–Kier alpha value is -7.89. The highest BCUT2D eigenvalue weighted by molar-refractivity contribution is 6.25. The smallest absolute Gasteiger partial charge is 0.164 e. The second kappa shape index (κ2) is 12.8. The molecule has 0 bridgehead atoms. The summed E-state index contributed by atoms with van der Waals surface area (Å²) in [5.41, 5.74) is 10.2. The number of rotatable bonds is 5. The molecule has 0 radical (unpaired) electrons. The highest BCUT2D eigenvalue weighted by atomic mass is 16.3. The van der Waals surface area contributed by atoms with Crippen LogP contribution < -0.4 is 0 Å². The number of nitrogens with zero attached hydrogens (tertiary/aromatic N) is 4. The van der Waals surface area contributed by atoms with Gasteiger partial charge in [-0.15, -0.1) is 0 Å². The minimum Gasteiger partial charge on any atom is -0.455 e. The molecule has 5 nitrogen and oxygen atoms in total. The summed E-state index contributed by atoms with van der Waals surface area (Å²) in [7, 11) is 0. The van der Waals surface area contributed by atoms with Crippen LogP contribution in [-0.4, -0.2) is 19.5 Å². The summed E-state index contributed by atoms with van der Waals surface area (Å²) in [5.74, 6) is 1.85. The Morgan fingerprint density at radius 3 is 1.59 bits per heavy atom. The van der Waals surface area contributed by atoms with Crippen molar-refractivity contribution in [1.29, 1.82) is 0 Å². The quantitative estimate of drug-likeness (QED) is 0.176. The maximum absolute atomic E-state index is 6.70. The Morgan fingerprint density at radius 1 is 0.345 bits per heavy atom. The van der Waals surface area contributed by atoms with Crippen molar-refractivity contribution in [2.24, 2.45) is 0 Å². The summed E-state index contributed by atoms with van der Waals surface area (Å²) in [6.45, 7) is 0. The van der Waals surface area contributed by atoms with E-state index >= 15 is 0 Å². The molecule has 0 amide bonds. The fourth-order valence-electron chi connectivity index (χ4n) is 8.79. The summed E-state index contributed by atoms with van der Waals surface area (Å²) >= 11 is 0. The molecule has 3 heterocycles. The van der Waals surface area contributed by atoms with Crippen LogP contribution >= 0.6 is 0 Å². The molecule has 0 unspecified atom stereocenters. The molecular formula is C53H32N4O. The van der Waals surface area contributed by atoms with Crippen molar-refractivity contribution in [3.05, 3.63) is 194 Å². The predicted molar refractivity (Wildman–Crippen MR) is 238 cm³/mol. The lowest BCUT2D eigenvalue weighted by Crippen LogP contribution is -2.01. The maximum Gasteiger partial charge on any atom is 0.164 e. The van der Waals surface area contributed by atoms with E-state index in [9.17, 15) is 0 Å². The van der Waals surface area contributed by atoms with E-state index in [0.29, 0.717) is 17.5 Å². The summed E-state index contributed by atoms with van der Waals surface area (Å²) in [6.07, 6.45) is 0. The molecule has 0 spiro atoms. The highest BCUT2D eigenvalue weighted by Gasteiger charge is 2.22. The minimum absolute atomic E-state index is 0.602. The fourth-order valence-corrected chi connectivity index (χ4v) is 8.79. The maximum atomic E-state index is 6.70. The van der Waals surface area contributed by atoms with Gasteiger partial charge in [0.1, 0.15) is 11.2 Å². The Bertz CT molecular complexity index is 3500. The lowest BCUT2D eigenvalue weighted by molar-refractivity contribution is 0.672. The van der Waals surface area contributed by atoms with E-state index in [-0.39, 0.29) is 0 Å². The van der Waals surface area contributed by atoms with E-state index in [2.05, 4.69) is 132 Å². The molecule has 0 fully saturated rings. The summed E-state index contributed by atoms with van der Waals surface area (Å²) in [6, 6.07) is 68.1. The van der Waals surface area contributed by atoms with Crippen molar-refractivity contribution in [2.75, 3.05) is 0 Å². The molecule has 3 aromatic heterocycles. The number of benzene rings is 9. The average Bonchev–Trinajstić information content (AvgIpc) is 3.85. The van der Waals surface area contributed by atoms with Crippen molar-refractivity contribution in [3.63, 3.8) is 0 Å². The Labute approximate surface area is 333 Å². The van der Waals surface area contributed by atoms with Crippen LogP contribution in [0.15, 0.2) is 199 Å². The normalized spacial score (nSPS) is 11.8. The standard InChI is InChI=1S/C53H32N4O/c1-4-16-33(17-5-1)42-31-47-49(39-24-11-10-22-37(39)42)41-25-12-14-26-45(41)57(47)46-32-44-38-23-13-15-27-48(38)58-50(44)40-29-28-36(30-43(40)46)53-55-51(34-18-6-2-7-19-34)54-52(56-53)35-20-8-3-9-21-35/h1-32H. The first-order chi connectivity index (χ1) is 28.8. The van der Waals surface area contributed by atoms with Gasteiger partial charge in [0.05, 0.1) is 16.7 Å². The Balaban J connectivity index is 1.21. The van der Waals surface area contributed by atoms with Crippen molar-refractivity contribution in [2.45, 2.75) is 0 Å². The summed E-state index contributed by atoms with van der Waals surface area (Å²) < 4.78 is 9.15. The molecule has 0 saturated heterocycles. The third kappa shape index (κ3) is 5.00. The molecule has 12 rings (SSSR count). The zero-order valence-electron chi connectivity index (χ0n) is 31.2. The van der Waals surface area contributed by atoms with Crippen LogP contribution in [0.25, 0.3) is 116 Å². The zero-order valence-corrected chi connectivity index (χ0v) is 31.2. The van der Waals surface area contributed by atoms with Gasteiger partial charge >= 0.3 is 0 Å². The molecule has 5 heteroatoms. The van der Waals surface area contributed by atoms with Crippen molar-refractivity contribution >= 4 is 65.3 Å². The average molecular weight is 741 g/mol. The van der Waals surface area contributed by atoms with Crippen LogP contribution in [0.3, 0.4) is 0 Å². The molecule has 0 N–H and O–H groups in total. The van der Waals surface area contributed by atoms with Gasteiger partial charge in [0.15, 0.2) is 17.5 Å². The van der Waals surface area contributed by atoms with Gasteiger partial charge in [0.2, 0.25) is 0 Å². The van der Waals surface area contributed by atoms with E-state index in [0.717, 1.165) is 66.1 Å². The largest absolute Gasteiger partial charge is 0.455 e. The van der Waals surface area contributed by atoms with Crippen LogP contribution in [0.5, 0.6) is 0 Å². The number of fused-ring (bicyclic) bond motifs is 10. The molecule has 0 saturated carbocycles. The van der Waals surface area contributed by atoms with Gasteiger partial charge in [-0.2, -0.15) is 0 Å². The second-order valence-corrected chi connectivity index (χ2v) is 14.8. The number of para-hydroxylation sites is 2. The van der Waals surface area contributed by atoms with Crippen molar-refractivity contribution in [3.8, 4) is 51.0 Å². The van der Waals surface area contributed by atoms with E-state index in [1.807, 2.05) is 66.7 Å². The minimum atomic E-state index is 0.602. The monoisotopic (exact) mass is 740 g/mol. The molecule has 0 atom stereocenters. The lowest BCUT2D eigenvalue weighted by Gasteiger charge is -2.15. The van der Waals surface area contributed by atoms with Gasteiger partial charge in [-0.1, -0.05) is 158 Å². The van der Waals surface area contributed by atoms with Crippen molar-refractivity contribution < 1.29 is 4.42 Å². The molecule has 58 heavy (non-hydrogen) atoms. The number of hydrogen-bond acceptors (Lipinski definition) is 4. The van der Waals surface area contributed by atoms with Crippen LogP contribution in [-0.2, 0) is 0 Å². The Kier molecular flexibility index (Phi) is 7.16. The molecule has 0 aliphatic heterocycles. The Morgan fingerprint density at radius 2 is 0.897 bits per heavy atom. The number of aromatic nitrogens is 4. The fraction of sp³-hybridized carbons (Fsp3) is 0. The molecular weight excluding hydrogens is 709 g/mol. The lowest BCUT2D eigenvalue weighted by atomic mass is 9.95. The van der Waals surface area contributed by atoms with Gasteiger partial charge in [0.25, 0.3) is 0 Å².